The highest BCUT2D eigenvalue weighted by molar-refractivity contribution is 5.95. The smallest absolute Gasteiger partial charge is 0.252 e. The van der Waals surface area contributed by atoms with E-state index >= 15 is 0 Å². The van der Waals surface area contributed by atoms with Gasteiger partial charge in [0, 0.05) is 0 Å². The van der Waals surface area contributed by atoms with Crippen molar-refractivity contribution in [3.63, 3.8) is 0 Å². The van der Waals surface area contributed by atoms with Crippen LogP contribution in [0.3, 0.4) is 0 Å². The third kappa shape index (κ3) is 3.64. The number of amides is 1. The summed E-state index contributed by atoms with van der Waals surface area (Å²) in [5, 5.41) is 10.3. The number of aliphatic hydroxyl groups excluding tert-OH is 1. The fourth-order valence-electron chi connectivity index (χ4n) is 2.72. The average Bonchev–Trinajstić information content (AvgIpc) is 2.95. The van der Waals surface area contributed by atoms with Crippen molar-refractivity contribution in [1.29, 1.82) is 0 Å². The second kappa shape index (κ2) is 6.94. The van der Waals surface area contributed by atoms with Crippen molar-refractivity contribution in [3.8, 4) is 5.75 Å². The van der Waals surface area contributed by atoms with Gasteiger partial charge in [0.15, 0.2) is 0 Å². The molecule has 0 aliphatic heterocycles. The molecule has 3 rings (SSSR count). The number of nitrogens with two attached hydrogens (primary N) is 1. The van der Waals surface area contributed by atoms with Crippen LogP contribution in [-0.4, -0.2) is 33.3 Å². The average molecular weight is 339 g/mol. The van der Waals surface area contributed by atoms with Crippen LogP contribution in [0.1, 0.15) is 21.5 Å². The fraction of sp³-hybridized carbons (Fsp3) is 0.263. The predicted octanol–water partition coefficient (Wildman–Crippen LogP) is 2.19. The standard InChI is InChI=1S/C19H21N3O3/c1-12-7-16-17(8-13(12)2)22(11-21-16)9-14(23)10-25-18-6-4-3-5-15(18)19(20)24/h3-8,11,14,23H,9-10H2,1-2H3,(H2,20,24). The topological polar surface area (TPSA) is 90.4 Å². The Kier molecular flexibility index (Phi) is 4.72. The summed E-state index contributed by atoms with van der Waals surface area (Å²) in [6.07, 6.45) is 0.962. The molecular weight excluding hydrogens is 318 g/mol. The van der Waals surface area contributed by atoms with Gasteiger partial charge in [-0.3, -0.25) is 4.79 Å². The Morgan fingerprint density at radius 3 is 2.76 bits per heavy atom. The Labute approximate surface area is 145 Å². The molecule has 0 saturated heterocycles. The number of ether oxygens (including phenoxy) is 1. The van der Waals surface area contributed by atoms with E-state index in [2.05, 4.69) is 11.1 Å². The van der Waals surface area contributed by atoms with Crippen molar-refractivity contribution in [2.24, 2.45) is 5.73 Å². The van der Waals surface area contributed by atoms with Gasteiger partial charge in [-0.05, 0) is 49.2 Å². The molecule has 0 saturated carbocycles. The number of rotatable bonds is 6. The van der Waals surface area contributed by atoms with Gasteiger partial charge in [0.05, 0.1) is 29.5 Å². The van der Waals surface area contributed by atoms with Gasteiger partial charge in [0.1, 0.15) is 18.5 Å². The zero-order chi connectivity index (χ0) is 18.0. The first-order chi connectivity index (χ1) is 12.0. The van der Waals surface area contributed by atoms with E-state index in [0.717, 1.165) is 11.0 Å². The second-order valence-electron chi connectivity index (χ2n) is 6.15. The minimum atomic E-state index is -0.750. The molecule has 130 valence electrons. The highest BCUT2D eigenvalue weighted by Gasteiger charge is 2.13. The van der Waals surface area contributed by atoms with Gasteiger partial charge in [0.25, 0.3) is 5.91 Å². The quantitative estimate of drug-likeness (QED) is 0.720. The normalized spacial score (nSPS) is 12.3. The van der Waals surface area contributed by atoms with Crippen LogP contribution in [0.15, 0.2) is 42.7 Å². The lowest BCUT2D eigenvalue weighted by molar-refractivity contribution is 0.0900. The number of carbonyl (C=O) groups excluding carboxylic acids is 1. The van der Waals surface area contributed by atoms with E-state index in [-0.39, 0.29) is 6.61 Å². The minimum Gasteiger partial charge on any atom is -0.490 e. The van der Waals surface area contributed by atoms with Gasteiger partial charge in [-0.15, -0.1) is 0 Å². The number of hydrogen-bond donors (Lipinski definition) is 2. The molecule has 1 aromatic heterocycles. The van der Waals surface area contributed by atoms with Crippen molar-refractivity contribution in [1.82, 2.24) is 9.55 Å². The van der Waals surface area contributed by atoms with Crippen LogP contribution in [0.2, 0.25) is 0 Å². The van der Waals surface area contributed by atoms with Gasteiger partial charge in [-0.1, -0.05) is 12.1 Å². The molecule has 0 radical (unpaired) electrons. The van der Waals surface area contributed by atoms with E-state index in [4.69, 9.17) is 10.5 Å². The molecule has 1 atom stereocenters. The Balaban J connectivity index is 1.70. The molecule has 6 heteroatoms. The second-order valence-corrected chi connectivity index (χ2v) is 6.15. The van der Waals surface area contributed by atoms with Crippen LogP contribution < -0.4 is 10.5 Å². The molecule has 1 unspecified atom stereocenters. The lowest BCUT2D eigenvalue weighted by atomic mass is 10.1. The summed E-state index contributed by atoms with van der Waals surface area (Å²) in [4.78, 5) is 15.8. The summed E-state index contributed by atoms with van der Waals surface area (Å²) in [5.74, 6) is -0.187. The molecule has 1 amide bonds. The first-order valence-corrected chi connectivity index (χ1v) is 8.07. The molecule has 0 fully saturated rings. The van der Waals surface area contributed by atoms with Crippen LogP contribution >= 0.6 is 0 Å². The van der Waals surface area contributed by atoms with E-state index in [0.29, 0.717) is 17.9 Å². The summed E-state index contributed by atoms with van der Waals surface area (Å²) in [5.41, 5.74) is 9.86. The number of fused-ring (bicyclic) bond motifs is 1. The maximum Gasteiger partial charge on any atom is 0.252 e. The maximum absolute atomic E-state index is 11.4. The lowest BCUT2D eigenvalue weighted by Crippen LogP contribution is -2.24. The highest BCUT2D eigenvalue weighted by Crippen LogP contribution is 2.20. The van der Waals surface area contributed by atoms with Crippen LogP contribution in [0.5, 0.6) is 5.75 Å². The number of primary amides is 1. The SMILES string of the molecule is Cc1cc2ncn(CC(O)COc3ccccc3C(N)=O)c2cc1C. The summed E-state index contributed by atoms with van der Waals surface area (Å²) < 4.78 is 7.48. The molecule has 0 bridgehead atoms. The monoisotopic (exact) mass is 339 g/mol. The van der Waals surface area contributed by atoms with E-state index in [9.17, 15) is 9.90 Å². The maximum atomic E-state index is 11.4. The van der Waals surface area contributed by atoms with Crippen molar-refractivity contribution >= 4 is 16.9 Å². The van der Waals surface area contributed by atoms with Gasteiger partial charge < -0.3 is 20.1 Å². The number of benzene rings is 2. The highest BCUT2D eigenvalue weighted by atomic mass is 16.5. The fourth-order valence-corrected chi connectivity index (χ4v) is 2.72. The molecule has 3 aromatic rings. The predicted molar refractivity (Wildman–Crippen MR) is 95.7 cm³/mol. The molecule has 0 spiro atoms. The molecule has 6 nitrogen and oxygen atoms in total. The number of hydrogen-bond acceptors (Lipinski definition) is 4. The van der Waals surface area contributed by atoms with Crippen molar-refractivity contribution in [2.45, 2.75) is 26.5 Å². The Morgan fingerprint density at radius 1 is 1.28 bits per heavy atom. The van der Waals surface area contributed by atoms with E-state index in [1.165, 1.54) is 11.1 Å². The molecule has 0 aliphatic carbocycles. The largest absolute Gasteiger partial charge is 0.490 e. The number of aromatic nitrogens is 2. The zero-order valence-corrected chi connectivity index (χ0v) is 14.3. The van der Waals surface area contributed by atoms with Crippen LogP contribution in [0, 0.1) is 13.8 Å². The van der Waals surface area contributed by atoms with Gasteiger partial charge in [-0.25, -0.2) is 4.98 Å². The van der Waals surface area contributed by atoms with E-state index in [1.54, 1.807) is 30.6 Å². The van der Waals surface area contributed by atoms with Gasteiger partial charge in [0.2, 0.25) is 0 Å². The Morgan fingerprint density at radius 2 is 2.00 bits per heavy atom. The third-order valence-electron chi connectivity index (χ3n) is 4.23. The van der Waals surface area contributed by atoms with Gasteiger partial charge >= 0.3 is 0 Å². The number of aliphatic hydroxyl groups is 1. The number of imidazole rings is 1. The van der Waals surface area contributed by atoms with Crippen molar-refractivity contribution in [2.75, 3.05) is 6.61 Å². The molecule has 1 heterocycles. The summed E-state index contributed by atoms with van der Waals surface area (Å²) in [6, 6.07) is 10.8. The molecular formula is C19H21N3O3. The number of nitrogens with zero attached hydrogens (tertiary/aromatic N) is 2. The molecule has 0 aliphatic rings. The van der Waals surface area contributed by atoms with Crippen LogP contribution in [0.25, 0.3) is 11.0 Å². The third-order valence-corrected chi connectivity index (χ3v) is 4.23. The summed E-state index contributed by atoms with van der Waals surface area (Å²) in [6.45, 7) is 4.49. The number of para-hydroxylation sites is 1. The summed E-state index contributed by atoms with van der Waals surface area (Å²) in [7, 11) is 0. The first-order valence-electron chi connectivity index (χ1n) is 8.07. The van der Waals surface area contributed by atoms with E-state index < -0.39 is 12.0 Å². The van der Waals surface area contributed by atoms with Gasteiger partial charge in [-0.2, -0.15) is 0 Å². The van der Waals surface area contributed by atoms with Crippen molar-refractivity contribution < 1.29 is 14.6 Å². The zero-order valence-electron chi connectivity index (χ0n) is 14.3. The Hall–Kier alpha value is -2.86. The Bertz CT molecular complexity index is 917. The number of carbonyl (C=O) groups is 1. The molecule has 2 aromatic carbocycles. The van der Waals surface area contributed by atoms with Crippen LogP contribution in [-0.2, 0) is 6.54 Å². The van der Waals surface area contributed by atoms with Crippen LogP contribution in [0.4, 0.5) is 0 Å². The summed E-state index contributed by atoms with van der Waals surface area (Å²) >= 11 is 0. The van der Waals surface area contributed by atoms with Crippen molar-refractivity contribution in [3.05, 3.63) is 59.4 Å². The molecule has 3 N–H and O–H groups in total. The van der Waals surface area contributed by atoms with E-state index in [1.807, 2.05) is 24.5 Å². The molecule has 25 heavy (non-hydrogen) atoms. The number of aryl methyl sites for hydroxylation is 2. The lowest BCUT2D eigenvalue weighted by Gasteiger charge is -2.15. The first kappa shape index (κ1) is 17.0. The minimum absolute atomic E-state index is 0.0504.